The Morgan fingerprint density at radius 2 is 1.83 bits per heavy atom. The first-order valence-corrected chi connectivity index (χ1v) is 8.72. The lowest BCUT2D eigenvalue weighted by Gasteiger charge is -2.35. The Morgan fingerprint density at radius 1 is 1.17 bits per heavy atom. The Labute approximate surface area is 139 Å². The van der Waals surface area contributed by atoms with Crippen LogP contribution >= 0.6 is 0 Å². The molecule has 1 fully saturated rings. The molecule has 0 radical (unpaired) electrons. The molecule has 1 aliphatic rings. The number of ether oxygens (including phenoxy) is 2. The molecule has 1 aliphatic heterocycles. The van der Waals surface area contributed by atoms with E-state index in [9.17, 15) is 4.79 Å². The topological polar surface area (TPSA) is 38.8 Å². The van der Waals surface area contributed by atoms with Crippen LogP contribution in [0.5, 0.6) is 5.75 Å². The van der Waals surface area contributed by atoms with Gasteiger partial charge in [-0.2, -0.15) is 0 Å². The number of unbranched alkanes of at least 4 members (excludes halogenated alkanes) is 1. The molecule has 0 amide bonds. The lowest BCUT2D eigenvalue weighted by Crippen LogP contribution is -2.45. The summed E-state index contributed by atoms with van der Waals surface area (Å²) in [6, 6.07) is 7.46. The second-order valence-electron chi connectivity index (χ2n) is 6.37. The fourth-order valence-electron chi connectivity index (χ4n) is 3.04. The largest absolute Gasteiger partial charge is 0.494 e. The van der Waals surface area contributed by atoms with Crippen LogP contribution < -0.4 is 4.74 Å². The maximum atomic E-state index is 11.6. The number of carbonyl (C=O) groups excluding carboxylic acids is 1. The van der Waals surface area contributed by atoms with Gasteiger partial charge in [-0.15, -0.1) is 0 Å². The minimum absolute atomic E-state index is 0.172. The molecule has 1 aromatic rings. The summed E-state index contributed by atoms with van der Waals surface area (Å²) in [6.07, 6.45) is 3.37. The van der Waals surface area contributed by atoms with Crippen molar-refractivity contribution in [3.05, 3.63) is 29.8 Å². The van der Waals surface area contributed by atoms with Gasteiger partial charge in [-0.25, -0.2) is 0 Å². The number of morpholine rings is 1. The smallest absolute Gasteiger partial charge is 0.162 e. The SMILES string of the molecule is CCC(=O)c1ccc(OCCCCN2C[C@H](C)O[C@@H](C)C2)cc1. The van der Waals surface area contributed by atoms with Gasteiger partial charge in [0, 0.05) is 25.1 Å². The first-order valence-electron chi connectivity index (χ1n) is 8.72. The number of hydrogen-bond donors (Lipinski definition) is 0. The number of rotatable bonds is 8. The van der Waals surface area contributed by atoms with Crippen LogP contribution in [0.1, 0.15) is 50.4 Å². The van der Waals surface area contributed by atoms with E-state index >= 15 is 0 Å². The van der Waals surface area contributed by atoms with Gasteiger partial charge >= 0.3 is 0 Å². The fraction of sp³-hybridized carbons (Fsp3) is 0.632. The van der Waals surface area contributed by atoms with Crippen molar-refractivity contribution in [3.63, 3.8) is 0 Å². The second-order valence-corrected chi connectivity index (χ2v) is 6.37. The Kier molecular flexibility index (Phi) is 7.06. The number of nitrogens with zero attached hydrogens (tertiary/aromatic N) is 1. The van der Waals surface area contributed by atoms with Crippen molar-refractivity contribution in [1.29, 1.82) is 0 Å². The van der Waals surface area contributed by atoms with Crippen LogP contribution in [0.4, 0.5) is 0 Å². The fourth-order valence-corrected chi connectivity index (χ4v) is 3.04. The van der Waals surface area contributed by atoms with Crippen LogP contribution in [0.2, 0.25) is 0 Å². The first-order chi connectivity index (χ1) is 11.1. The average Bonchev–Trinajstić information content (AvgIpc) is 2.53. The molecule has 0 bridgehead atoms. The summed E-state index contributed by atoms with van der Waals surface area (Å²) in [5, 5.41) is 0. The zero-order chi connectivity index (χ0) is 16.7. The highest BCUT2D eigenvalue weighted by Crippen LogP contribution is 2.15. The van der Waals surface area contributed by atoms with Gasteiger partial charge in [0.2, 0.25) is 0 Å². The third-order valence-corrected chi connectivity index (χ3v) is 4.13. The van der Waals surface area contributed by atoms with E-state index in [0.29, 0.717) is 18.6 Å². The molecular weight excluding hydrogens is 290 g/mol. The van der Waals surface area contributed by atoms with Gasteiger partial charge in [0.05, 0.1) is 18.8 Å². The Balaban J connectivity index is 1.63. The van der Waals surface area contributed by atoms with Gasteiger partial charge in [-0.1, -0.05) is 6.92 Å². The van der Waals surface area contributed by atoms with E-state index in [1.165, 1.54) is 0 Å². The number of hydrogen-bond acceptors (Lipinski definition) is 4. The van der Waals surface area contributed by atoms with Crippen molar-refractivity contribution in [2.24, 2.45) is 0 Å². The van der Waals surface area contributed by atoms with Crippen molar-refractivity contribution in [1.82, 2.24) is 4.90 Å². The molecule has 2 rings (SSSR count). The Bertz CT molecular complexity index is 476. The third-order valence-electron chi connectivity index (χ3n) is 4.13. The lowest BCUT2D eigenvalue weighted by molar-refractivity contribution is -0.0682. The molecule has 2 atom stereocenters. The highest BCUT2D eigenvalue weighted by atomic mass is 16.5. The van der Waals surface area contributed by atoms with Gasteiger partial charge in [0.25, 0.3) is 0 Å². The molecule has 4 heteroatoms. The van der Waals surface area contributed by atoms with Crippen molar-refractivity contribution >= 4 is 5.78 Å². The summed E-state index contributed by atoms with van der Waals surface area (Å²) in [5.41, 5.74) is 0.760. The third kappa shape index (κ3) is 5.96. The molecule has 0 aromatic heterocycles. The summed E-state index contributed by atoms with van der Waals surface area (Å²) in [6.45, 7) is 10.0. The maximum absolute atomic E-state index is 11.6. The van der Waals surface area contributed by atoms with E-state index in [2.05, 4.69) is 18.7 Å². The zero-order valence-electron chi connectivity index (χ0n) is 14.6. The lowest BCUT2D eigenvalue weighted by atomic mass is 10.1. The van der Waals surface area contributed by atoms with Gasteiger partial charge in [-0.05, 0) is 57.5 Å². The molecule has 4 nitrogen and oxygen atoms in total. The Hall–Kier alpha value is -1.39. The molecule has 0 spiro atoms. The van der Waals surface area contributed by atoms with Crippen LogP contribution in [0.15, 0.2) is 24.3 Å². The summed E-state index contributed by atoms with van der Waals surface area (Å²) < 4.78 is 11.5. The number of carbonyl (C=O) groups is 1. The summed E-state index contributed by atoms with van der Waals surface area (Å²) in [7, 11) is 0. The van der Waals surface area contributed by atoms with Crippen LogP contribution in [-0.4, -0.2) is 49.1 Å². The van der Waals surface area contributed by atoms with E-state index in [1.54, 1.807) is 0 Å². The van der Waals surface area contributed by atoms with Crippen molar-refractivity contribution in [3.8, 4) is 5.75 Å². The summed E-state index contributed by atoms with van der Waals surface area (Å²) in [5.74, 6) is 1.01. The number of Topliss-reactive ketones (excluding diaryl/α,β-unsaturated/α-hetero) is 1. The Morgan fingerprint density at radius 3 is 2.43 bits per heavy atom. The van der Waals surface area contributed by atoms with E-state index in [1.807, 2.05) is 31.2 Å². The molecule has 1 heterocycles. The minimum Gasteiger partial charge on any atom is -0.494 e. The predicted molar refractivity (Wildman–Crippen MR) is 92.2 cm³/mol. The number of ketones is 1. The van der Waals surface area contributed by atoms with Gasteiger partial charge in [0.15, 0.2) is 5.78 Å². The van der Waals surface area contributed by atoms with Gasteiger partial charge in [-0.3, -0.25) is 9.69 Å². The second kappa shape index (κ2) is 9.04. The normalized spacial score (nSPS) is 22.0. The first kappa shape index (κ1) is 18.0. The molecule has 1 saturated heterocycles. The van der Waals surface area contributed by atoms with Crippen LogP contribution in [-0.2, 0) is 4.74 Å². The number of benzene rings is 1. The van der Waals surface area contributed by atoms with Crippen LogP contribution in [0, 0.1) is 0 Å². The van der Waals surface area contributed by atoms with E-state index in [0.717, 1.165) is 50.4 Å². The zero-order valence-corrected chi connectivity index (χ0v) is 14.6. The molecule has 128 valence electrons. The van der Waals surface area contributed by atoms with Crippen molar-refractivity contribution < 1.29 is 14.3 Å². The van der Waals surface area contributed by atoms with E-state index in [4.69, 9.17) is 9.47 Å². The van der Waals surface area contributed by atoms with E-state index in [-0.39, 0.29) is 5.78 Å². The molecule has 0 unspecified atom stereocenters. The van der Waals surface area contributed by atoms with E-state index < -0.39 is 0 Å². The molecule has 1 aromatic carbocycles. The molecule has 0 N–H and O–H groups in total. The maximum Gasteiger partial charge on any atom is 0.162 e. The van der Waals surface area contributed by atoms with Gasteiger partial charge in [0.1, 0.15) is 5.75 Å². The van der Waals surface area contributed by atoms with Crippen molar-refractivity contribution in [2.75, 3.05) is 26.2 Å². The molecule has 23 heavy (non-hydrogen) atoms. The van der Waals surface area contributed by atoms with Crippen LogP contribution in [0.3, 0.4) is 0 Å². The summed E-state index contributed by atoms with van der Waals surface area (Å²) >= 11 is 0. The van der Waals surface area contributed by atoms with Gasteiger partial charge < -0.3 is 9.47 Å². The highest BCUT2D eigenvalue weighted by molar-refractivity contribution is 5.95. The summed E-state index contributed by atoms with van der Waals surface area (Å²) in [4.78, 5) is 14.0. The standard InChI is InChI=1S/C19H29NO3/c1-4-19(21)17-7-9-18(10-8-17)22-12-6-5-11-20-13-15(2)23-16(3)14-20/h7-10,15-16H,4-6,11-14H2,1-3H3/t15-,16-/m0/s1. The van der Waals surface area contributed by atoms with Crippen molar-refractivity contribution in [2.45, 2.75) is 52.2 Å². The molecule has 0 aliphatic carbocycles. The molecular formula is C19H29NO3. The molecule has 0 saturated carbocycles. The predicted octanol–water partition coefficient (Wildman–Crippen LogP) is 3.55. The quantitative estimate of drug-likeness (QED) is 0.542. The van der Waals surface area contributed by atoms with Crippen LogP contribution in [0.25, 0.3) is 0 Å². The average molecular weight is 319 g/mol. The minimum atomic E-state index is 0.172. The highest BCUT2D eigenvalue weighted by Gasteiger charge is 2.21. The monoisotopic (exact) mass is 319 g/mol.